The molecule has 108 valence electrons. The summed E-state index contributed by atoms with van der Waals surface area (Å²) in [6.07, 6.45) is 3.95. The second-order valence-corrected chi connectivity index (χ2v) is 5.10. The van der Waals surface area contributed by atoms with Crippen LogP contribution in [-0.2, 0) is 6.54 Å². The molecule has 1 atom stereocenters. The van der Waals surface area contributed by atoms with Crippen molar-refractivity contribution in [2.75, 3.05) is 13.7 Å². The third kappa shape index (κ3) is 3.39. The first-order chi connectivity index (χ1) is 9.63. The molecule has 0 aliphatic rings. The normalized spacial score (nSPS) is 12.4. The van der Waals surface area contributed by atoms with Crippen LogP contribution >= 0.6 is 0 Å². The highest BCUT2D eigenvalue weighted by molar-refractivity contribution is 5.39. The van der Waals surface area contributed by atoms with Crippen molar-refractivity contribution < 1.29 is 4.74 Å². The van der Waals surface area contributed by atoms with E-state index in [0.29, 0.717) is 0 Å². The fourth-order valence-corrected chi connectivity index (χ4v) is 2.40. The van der Waals surface area contributed by atoms with E-state index in [0.717, 1.165) is 18.8 Å². The molecular formula is C16H23N3O. The smallest absolute Gasteiger partial charge is 0.123 e. The van der Waals surface area contributed by atoms with Gasteiger partial charge in [0.25, 0.3) is 0 Å². The molecule has 1 unspecified atom stereocenters. The maximum Gasteiger partial charge on any atom is 0.123 e. The molecule has 1 heterocycles. The number of hydrogen-bond donors (Lipinski definition) is 1. The number of benzene rings is 1. The first-order valence-corrected chi connectivity index (χ1v) is 7.01. The van der Waals surface area contributed by atoms with Gasteiger partial charge in [0, 0.05) is 11.8 Å². The Kier molecular flexibility index (Phi) is 4.79. The van der Waals surface area contributed by atoms with Gasteiger partial charge in [-0.2, -0.15) is 5.10 Å². The number of ether oxygens (including phenoxy) is 1. The van der Waals surface area contributed by atoms with Crippen molar-refractivity contribution in [3.8, 4) is 5.75 Å². The van der Waals surface area contributed by atoms with Gasteiger partial charge in [0.2, 0.25) is 0 Å². The van der Waals surface area contributed by atoms with Gasteiger partial charge in [-0.25, -0.2) is 0 Å². The molecule has 0 radical (unpaired) electrons. The number of nitrogens with zero attached hydrogens (tertiary/aromatic N) is 2. The molecule has 1 aromatic carbocycles. The first kappa shape index (κ1) is 14.6. The minimum atomic E-state index is 0.189. The molecule has 1 N–H and O–H groups in total. The van der Waals surface area contributed by atoms with Crippen LogP contribution in [0.3, 0.4) is 0 Å². The average molecular weight is 273 g/mol. The number of hydrogen-bond acceptors (Lipinski definition) is 3. The summed E-state index contributed by atoms with van der Waals surface area (Å²) < 4.78 is 7.48. The molecular weight excluding hydrogens is 250 g/mol. The van der Waals surface area contributed by atoms with Crippen molar-refractivity contribution >= 4 is 0 Å². The van der Waals surface area contributed by atoms with E-state index in [-0.39, 0.29) is 6.04 Å². The van der Waals surface area contributed by atoms with Gasteiger partial charge < -0.3 is 10.1 Å². The van der Waals surface area contributed by atoms with E-state index in [1.807, 2.05) is 16.9 Å². The summed E-state index contributed by atoms with van der Waals surface area (Å²) in [5.41, 5.74) is 3.60. The summed E-state index contributed by atoms with van der Waals surface area (Å²) in [5, 5.41) is 7.89. The van der Waals surface area contributed by atoms with Crippen LogP contribution in [-0.4, -0.2) is 23.4 Å². The van der Waals surface area contributed by atoms with E-state index < -0.39 is 0 Å². The largest absolute Gasteiger partial charge is 0.496 e. The number of aromatic nitrogens is 2. The standard InChI is InChI=1S/C16H23N3O/c1-5-17-15(11-19-10-13(3)9-18-19)14-8-12(2)6-7-16(14)20-4/h6-10,15,17H,5,11H2,1-4H3. The topological polar surface area (TPSA) is 39.1 Å². The van der Waals surface area contributed by atoms with Gasteiger partial charge in [0.15, 0.2) is 0 Å². The fourth-order valence-electron chi connectivity index (χ4n) is 2.40. The Morgan fingerprint density at radius 1 is 1.30 bits per heavy atom. The molecule has 1 aromatic heterocycles. The third-order valence-electron chi connectivity index (χ3n) is 3.34. The van der Waals surface area contributed by atoms with Gasteiger partial charge in [-0.15, -0.1) is 0 Å². The van der Waals surface area contributed by atoms with Crippen molar-refractivity contribution in [2.45, 2.75) is 33.4 Å². The molecule has 4 heteroatoms. The molecule has 0 saturated heterocycles. The number of likely N-dealkylation sites (N-methyl/N-ethyl adjacent to an activating group) is 1. The SMILES string of the molecule is CCNC(Cn1cc(C)cn1)c1cc(C)ccc1OC. The Balaban J connectivity index is 2.30. The third-order valence-corrected chi connectivity index (χ3v) is 3.34. The molecule has 0 aliphatic heterocycles. The predicted molar refractivity (Wildman–Crippen MR) is 81.1 cm³/mol. The minimum Gasteiger partial charge on any atom is -0.496 e. The van der Waals surface area contributed by atoms with E-state index in [1.165, 1.54) is 16.7 Å². The second-order valence-electron chi connectivity index (χ2n) is 5.10. The van der Waals surface area contributed by atoms with Crippen molar-refractivity contribution in [1.29, 1.82) is 0 Å². The zero-order valence-electron chi connectivity index (χ0n) is 12.7. The van der Waals surface area contributed by atoms with Crippen LogP contribution < -0.4 is 10.1 Å². The highest BCUT2D eigenvalue weighted by Gasteiger charge is 2.16. The maximum atomic E-state index is 5.50. The van der Waals surface area contributed by atoms with E-state index in [1.54, 1.807) is 7.11 Å². The lowest BCUT2D eigenvalue weighted by Crippen LogP contribution is -2.26. The Bertz CT molecular complexity index is 563. The van der Waals surface area contributed by atoms with E-state index in [4.69, 9.17) is 4.74 Å². The van der Waals surface area contributed by atoms with Gasteiger partial charge >= 0.3 is 0 Å². The van der Waals surface area contributed by atoms with Gasteiger partial charge in [-0.3, -0.25) is 4.68 Å². The van der Waals surface area contributed by atoms with Crippen LogP contribution in [0.4, 0.5) is 0 Å². The number of aryl methyl sites for hydroxylation is 2. The van der Waals surface area contributed by atoms with E-state index in [2.05, 4.69) is 49.5 Å². The maximum absolute atomic E-state index is 5.50. The molecule has 0 saturated carbocycles. The van der Waals surface area contributed by atoms with Crippen molar-refractivity contribution in [2.24, 2.45) is 0 Å². The van der Waals surface area contributed by atoms with Crippen LogP contribution in [0.2, 0.25) is 0 Å². The lowest BCUT2D eigenvalue weighted by atomic mass is 10.0. The molecule has 2 aromatic rings. The zero-order chi connectivity index (χ0) is 14.5. The van der Waals surface area contributed by atoms with Gasteiger partial charge in [0.05, 0.1) is 25.9 Å². The quantitative estimate of drug-likeness (QED) is 0.879. The zero-order valence-corrected chi connectivity index (χ0v) is 12.7. The molecule has 0 fully saturated rings. The summed E-state index contributed by atoms with van der Waals surface area (Å²) in [6.45, 7) is 7.97. The van der Waals surface area contributed by atoms with Crippen LogP contribution in [0.15, 0.2) is 30.6 Å². The molecule has 0 aliphatic carbocycles. The summed E-state index contributed by atoms with van der Waals surface area (Å²) in [5.74, 6) is 0.922. The van der Waals surface area contributed by atoms with E-state index >= 15 is 0 Å². The fraction of sp³-hybridized carbons (Fsp3) is 0.438. The molecule has 0 amide bonds. The molecule has 0 spiro atoms. The Labute approximate surface area is 120 Å². The highest BCUT2D eigenvalue weighted by Crippen LogP contribution is 2.27. The monoisotopic (exact) mass is 273 g/mol. The molecule has 4 nitrogen and oxygen atoms in total. The van der Waals surface area contributed by atoms with Crippen molar-refractivity contribution in [3.63, 3.8) is 0 Å². The summed E-state index contributed by atoms with van der Waals surface area (Å²) in [4.78, 5) is 0. The molecule has 0 bridgehead atoms. The number of nitrogens with one attached hydrogen (secondary N) is 1. The Morgan fingerprint density at radius 2 is 2.10 bits per heavy atom. The number of methoxy groups -OCH3 is 1. The van der Waals surface area contributed by atoms with Crippen LogP contribution in [0.5, 0.6) is 5.75 Å². The lowest BCUT2D eigenvalue weighted by molar-refractivity contribution is 0.385. The van der Waals surface area contributed by atoms with Crippen molar-refractivity contribution in [1.82, 2.24) is 15.1 Å². The van der Waals surface area contributed by atoms with Gasteiger partial charge in [0.1, 0.15) is 5.75 Å². The van der Waals surface area contributed by atoms with Gasteiger partial charge in [-0.1, -0.05) is 24.6 Å². The van der Waals surface area contributed by atoms with Crippen molar-refractivity contribution in [3.05, 3.63) is 47.3 Å². The summed E-state index contributed by atoms with van der Waals surface area (Å²) in [7, 11) is 1.72. The highest BCUT2D eigenvalue weighted by atomic mass is 16.5. The first-order valence-electron chi connectivity index (χ1n) is 7.01. The van der Waals surface area contributed by atoms with Crippen LogP contribution in [0, 0.1) is 13.8 Å². The minimum absolute atomic E-state index is 0.189. The van der Waals surface area contributed by atoms with Gasteiger partial charge in [-0.05, 0) is 32.0 Å². The second kappa shape index (κ2) is 6.57. The molecule has 2 rings (SSSR count). The summed E-state index contributed by atoms with van der Waals surface area (Å²) in [6, 6.07) is 6.48. The van der Waals surface area contributed by atoms with Crippen LogP contribution in [0.1, 0.15) is 29.7 Å². The van der Waals surface area contributed by atoms with E-state index in [9.17, 15) is 0 Å². The number of rotatable bonds is 6. The average Bonchev–Trinajstić information content (AvgIpc) is 2.84. The van der Waals surface area contributed by atoms with Crippen LogP contribution in [0.25, 0.3) is 0 Å². The predicted octanol–water partition coefficient (Wildman–Crippen LogP) is 2.86. The Hall–Kier alpha value is -1.81. The lowest BCUT2D eigenvalue weighted by Gasteiger charge is -2.21. The summed E-state index contributed by atoms with van der Waals surface area (Å²) >= 11 is 0. The Morgan fingerprint density at radius 3 is 2.70 bits per heavy atom. The molecule has 20 heavy (non-hydrogen) atoms.